The molecule has 1 heterocycles. The van der Waals surface area contributed by atoms with Crippen LogP contribution >= 0.6 is 12.6 Å². The van der Waals surface area contributed by atoms with Gasteiger partial charge in [0.1, 0.15) is 5.82 Å². The third kappa shape index (κ3) is 1.50. The minimum atomic E-state index is -0.645. The fourth-order valence-corrected chi connectivity index (χ4v) is 1.71. The summed E-state index contributed by atoms with van der Waals surface area (Å²) < 4.78 is 31.0. The van der Waals surface area contributed by atoms with Crippen LogP contribution < -0.4 is 4.74 Å². The molecule has 0 spiro atoms. The second-order valence-corrected chi connectivity index (χ2v) is 3.58. The Labute approximate surface area is 80.1 Å². The van der Waals surface area contributed by atoms with Crippen LogP contribution in [0, 0.1) is 11.6 Å². The molecule has 2 rings (SSSR count). The molecule has 1 atom stereocenters. The highest BCUT2D eigenvalue weighted by molar-refractivity contribution is 7.80. The van der Waals surface area contributed by atoms with Gasteiger partial charge in [-0.1, -0.05) is 0 Å². The summed E-state index contributed by atoms with van der Waals surface area (Å²) in [4.78, 5) is 0. The molecule has 0 aromatic heterocycles. The van der Waals surface area contributed by atoms with Gasteiger partial charge in [0.2, 0.25) is 0 Å². The van der Waals surface area contributed by atoms with Crippen LogP contribution in [0.1, 0.15) is 17.2 Å². The highest BCUT2D eigenvalue weighted by Crippen LogP contribution is 2.38. The molecule has 0 fully saturated rings. The van der Waals surface area contributed by atoms with E-state index in [4.69, 9.17) is 4.74 Å². The Hall–Kier alpha value is -0.770. The lowest BCUT2D eigenvalue weighted by Gasteiger charge is -2.22. The van der Waals surface area contributed by atoms with Gasteiger partial charge >= 0.3 is 0 Å². The summed E-state index contributed by atoms with van der Waals surface area (Å²) >= 11 is 4.22. The number of benzene rings is 1. The van der Waals surface area contributed by atoms with Crippen LogP contribution in [0.15, 0.2) is 12.1 Å². The van der Waals surface area contributed by atoms with Crippen molar-refractivity contribution in [3.8, 4) is 5.75 Å². The van der Waals surface area contributed by atoms with Crippen LogP contribution in [-0.4, -0.2) is 6.61 Å². The zero-order chi connectivity index (χ0) is 9.42. The van der Waals surface area contributed by atoms with Crippen molar-refractivity contribution in [3.05, 3.63) is 29.3 Å². The Morgan fingerprint density at radius 3 is 2.92 bits per heavy atom. The van der Waals surface area contributed by atoms with E-state index in [0.717, 1.165) is 6.07 Å². The largest absolute Gasteiger partial charge is 0.490 e. The predicted octanol–water partition coefficient (Wildman–Crippen LogP) is 2.72. The quantitative estimate of drug-likeness (QED) is 0.636. The Morgan fingerprint density at radius 2 is 2.15 bits per heavy atom. The van der Waals surface area contributed by atoms with Gasteiger partial charge in [-0.05, 0) is 12.5 Å². The smallest absolute Gasteiger partial charge is 0.168 e. The molecule has 1 aliphatic heterocycles. The molecule has 1 aliphatic rings. The molecular weight excluding hydrogens is 194 g/mol. The summed E-state index contributed by atoms with van der Waals surface area (Å²) in [6, 6.07) is 2.10. The van der Waals surface area contributed by atoms with Crippen molar-refractivity contribution >= 4 is 12.6 Å². The molecule has 4 heteroatoms. The van der Waals surface area contributed by atoms with E-state index >= 15 is 0 Å². The summed E-state index contributed by atoms with van der Waals surface area (Å²) in [5, 5.41) is -0.131. The second-order valence-electron chi connectivity index (χ2n) is 2.96. The molecule has 0 saturated heterocycles. The molecule has 1 unspecified atom stereocenters. The first-order chi connectivity index (χ1) is 6.18. The van der Waals surface area contributed by atoms with Gasteiger partial charge in [-0.2, -0.15) is 12.6 Å². The van der Waals surface area contributed by atoms with Crippen LogP contribution in [0.25, 0.3) is 0 Å². The van der Waals surface area contributed by atoms with Gasteiger partial charge in [0.05, 0.1) is 6.61 Å². The van der Waals surface area contributed by atoms with E-state index in [1.165, 1.54) is 6.07 Å². The monoisotopic (exact) mass is 202 g/mol. The average Bonchev–Trinajstić information content (AvgIpc) is 2.07. The summed E-state index contributed by atoms with van der Waals surface area (Å²) in [6.45, 7) is 0.434. The minimum Gasteiger partial charge on any atom is -0.490 e. The lowest BCUT2D eigenvalue weighted by molar-refractivity contribution is 0.270. The Morgan fingerprint density at radius 1 is 1.38 bits per heavy atom. The lowest BCUT2D eigenvalue weighted by Crippen LogP contribution is -2.12. The maximum absolute atomic E-state index is 13.1. The normalized spacial score (nSPS) is 20.7. The molecule has 1 aromatic rings. The van der Waals surface area contributed by atoms with Gasteiger partial charge in [-0.3, -0.25) is 0 Å². The number of halogens is 2. The topological polar surface area (TPSA) is 9.23 Å². The van der Waals surface area contributed by atoms with Crippen molar-refractivity contribution in [2.45, 2.75) is 11.7 Å². The Bertz CT molecular complexity index is 341. The van der Waals surface area contributed by atoms with Crippen LogP contribution in [-0.2, 0) is 0 Å². The zero-order valence-electron chi connectivity index (χ0n) is 6.76. The van der Waals surface area contributed by atoms with Gasteiger partial charge in [0.25, 0.3) is 0 Å². The summed E-state index contributed by atoms with van der Waals surface area (Å²) in [5.41, 5.74) is 0.507. The maximum Gasteiger partial charge on any atom is 0.168 e. The molecule has 1 aromatic carbocycles. The molecular formula is C9H8F2OS. The first kappa shape index (κ1) is 8.81. The highest BCUT2D eigenvalue weighted by atomic mass is 32.1. The first-order valence-electron chi connectivity index (χ1n) is 3.98. The summed E-state index contributed by atoms with van der Waals surface area (Å²) in [6.07, 6.45) is 0.680. The van der Waals surface area contributed by atoms with E-state index < -0.39 is 11.6 Å². The number of fused-ring (bicyclic) bond motifs is 1. The van der Waals surface area contributed by atoms with Gasteiger partial charge in [0, 0.05) is 16.9 Å². The van der Waals surface area contributed by atoms with E-state index in [2.05, 4.69) is 12.6 Å². The molecule has 0 N–H and O–H groups in total. The van der Waals surface area contributed by atoms with Crippen molar-refractivity contribution in [2.24, 2.45) is 0 Å². The van der Waals surface area contributed by atoms with E-state index in [1.54, 1.807) is 0 Å². The molecule has 0 amide bonds. The number of thiol groups is 1. The van der Waals surface area contributed by atoms with Crippen LogP contribution in [0.4, 0.5) is 8.78 Å². The third-order valence-electron chi connectivity index (χ3n) is 2.03. The third-order valence-corrected chi connectivity index (χ3v) is 2.57. The van der Waals surface area contributed by atoms with Crippen molar-refractivity contribution in [1.29, 1.82) is 0 Å². The van der Waals surface area contributed by atoms with E-state index in [-0.39, 0.29) is 11.0 Å². The van der Waals surface area contributed by atoms with E-state index in [9.17, 15) is 8.78 Å². The molecule has 70 valence electrons. The van der Waals surface area contributed by atoms with E-state index in [1.807, 2.05) is 0 Å². The predicted molar refractivity (Wildman–Crippen MR) is 48.2 cm³/mol. The first-order valence-corrected chi connectivity index (χ1v) is 4.50. The van der Waals surface area contributed by atoms with Gasteiger partial charge in [-0.15, -0.1) is 0 Å². The van der Waals surface area contributed by atoms with Crippen molar-refractivity contribution in [2.75, 3.05) is 6.61 Å². The minimum absolute atomic E-state index is 0.131. The Kier molecular flexibility index (Phi) is 2.15. The molecule has 1 nitrogen and oxygen atoms in total. The highest BCUT2D eigenvalue weighted by Gasteiger charge is 2.22. The fourth-order valence-electron chi connectivity index (χ4n) is 1.41. The van der Waals surface area contributed by atoms with Gasteiger partial charge < -0.3 is 4.74 Å². The summed E-state index contributed by atoms with van der Waals surface area (Å²) in [5.74, 6) is -1.08. The zero-order valence-corrected chi connectivity index (χ0v) is 7.65. The van der Waals surface area contributed by atoms with Crippen LogP contribution in [0.2, 0.25) is 0 Å². The number of rotatable bonds is 0. The van der Waals surface area contributed by atoms with Crippen molar-refractivity contribution in [3.63, 3.8) is 0 Å². The molecule has 0 radical (unpaired) electrons. The summed E-state index contributed by atoms with van der Waals surface area (Å²) in [7, 11) is 0. The lowest BCUT2D eigenvalue weighted by atomic mass is 10.1. The van der Waals surface area contributed by atoms with Gasteiger partial charge in [-0.25, -0.2) is 8.78 Å². The number of hydrogen-bond acceptors (Lipinski definition) is 2. The van der Waals surface area contributed by atoms with Gasteiger partial charge in [0.15, 0.2) is 11.6 Å². The standard InChI is InChI=1S/C9H8F2OS/c10-5-3-6-8(13)1-2-12-9(6)7(11)4-5/h3-4,8,13H,1-2H2. The molecule has 0 bridgehead atoms. The van der Waals surface area contributed by atoms with Crippen molar-refractivity contribution in [1.82, 2.24) is 0 Å². The van der Waals surface area contributed by atoms with Crippen LogP contribution in [0.5, 0.6) is 5.75 Å². The molecule has 0 aliphatic carbocycles. The van der Waals surface area contributed by atoms with E-state index in [0.29, 0.717) is 18.6 Å². The van der Waals surface area contributed by atoms with Crippen molar-refractivity contribution < 1.29 is 13.5 Å². The number of hydrogen-bond donors (Lipinski definition) is 1. The fraction of sp³-hybridized carbons (Fsp3) is 0.333. The maximum atomic E-state index is 13.1. The SMILES string of the molecule is Fc1cc(F)c2c(c1)C(S)CCO2. The molecule has 13 heavy (non-hydrogen) atoms. The van der Waals surface area contributed by atoms with Crippen LogP contribution in [0.3, 0.4) is 0 Å². The Balaban J connectivity index is 2.56. The molecule has 0 saturated carbocycles. The average molecular weight is 202 g/mol. The second kappa shape index (κ2) is 3.18. The number of ether oxygens (including phenoxy) is 1.